The van der Waals surface area contributed by atoms with Crippen LogP contribution in [0.5, 0.6) is 0 Å². The summed E-state index contributed by atoms with van der Waals surface area (Å²) in [4.78, 5) is 12.8. The third-order valence-corrected chi connectivity index (χ3v) is 4.57. The van der Waals surface area contributed by atoms with Crippen molar-refractivity contribution in [1.29, 1.82) is 0 Å². The van der Waals surface area contributed by atoms with Crippen LogP contribution in [0.2, 0.25) is 0 Å². The third-order valence-electron chi connectivity index (χ3n) is 3.51. The zero-order valence-electron chi connectivity index (χ0n) is 11.9. The molecule has 1 aromatic rings. The monoisotopic (exact) mass is 324 g/mol. The molecule has 1 fully saturated rings. The fourth-order valence-corrected chi connectivity index (χ4v) is 3.36. The molecule has 0 spiro atoms. The molecule has 0 saturated carbocycles. The van der Waals surface area contributed by atoms with E-state index in [1.54, 1.807) is 0 Å². The van der Waals surface area contributed by atoms with Crippen molar-refractivity contribution in [2.24, 2.45) is 0 Å². The minimum absolute atomic E-state index is 0.291. The molecule has 0 amide bonds. The number of hydrogen-bond acceptors (Lipinski definition) is 4. The lowest BCUT2D eigenvalue weighted by Crippen LogP contribution is -2.48. The van der Waals surface area contributed by atoms with E-state index in [4.69, 9.17) is 9.90 Å². The van der Waals surface area contributed by atoms with Crippen LogP contribution in [-0.2, 0) is 10.3 Å². The average molecular weight is 324 g/mol. The van der Waals surface area contributed by atoms with Gasteiger partial charge in [0.15, 0.2) is 0 Å². The number of alkyl halides is 3. The number of halogens is 3. The van der Waals surface area contributed by atoms with Crippen LogP contribution >= 0.6 is 11.3 Å². The Morgan fingerprint density at radius 2 is 1.90 bits per heavy atom. The van der Waals surface area contributed by atoms with Gasteiger partial charge >= 0.3 is 12.1 Å². The number of aliphatic carboxylic acids is 1. The molecule has 0 aliphatic carbocycles. The number of carboxylic acids is 1. The molecule has 2 heterocycles. The number of carboxylic acid groups (broad SMARTS) is 1. The molecule has 1 saturated heterocycles. The maximum atomic E-state index is 10.6. The van der Waals surface area contributed by atoms with Gasteiger partial charge in [0.25, 0.3) is 0 Å². The van der Waals surface area contributed by atoms with Crippen molar-refractivity contribution in [3.8, 4) is 0 Å². The van der Waals surface area contributed by atoms with Crippen LogP contribution in [0.3, 0.4) is 0 Å². The van der Waals surface area contributed by atoms with Crippen molar-refractivity contribution in [3.05, 3.63) is 22.4 Å². The third kappa shape index (κ3) is 4.69. The summed E-state index contributed by atoms with van der Waals surface area (Å²) >= 11 is 1.89. The molecule has 0 atom stereocenters. The Balaban J connectivity index is 0.000000270. The summed E-state index contributed by atoms with van der Waals surface area (Å²) < 4.78 is 31.7. The van der Waals surface area contributed by atoms with Gasteiger partial charge in [0, 0.05) is 4.88 Å². The lowest BCUT2D eigenvalue weighted by molar-refractivity contribution is -0.192. The summed E-state index contributed by atoms with van der Waals surface area (Å²) in [5, 5.41) is 12.7. The summed E-state index contributed by atoms with van der Waals surface area (Å²) in [5.41, 5.74) is 0.291. The van der Waals surface area contributed by atoms with Crippen molar-refractivity contribution < 1.29 is 23.1 Å². The van der Waals surface area contributed by atoms with Crippen LogP contribution in [0.25, 0.3) is 0 Å². The lowest BCUT2D eigenvalue weighted by atomic mass is 9.85. The molecule has 120 valence electrons. The predicted molar refractivity (Wildman–Crippen MR) is 75.5 cm³/mol. The SMILES string of the molecule is CN(C)C1(c2cccs2)CCNCC1.O=C(O)C(F)(F)F. The highest BCUT2D eigenvalue weighted by atomic mass is 32.1. The maximum absolute atomic E-state index is 10.6. The molecular formula is C13H19F3N2O2S. The Bertz CT molecular complexity index is 441. The Morgan fingerprint density at radius 1 is 1.38 bits per heavy atom. The van der Waals surface area contributed by atoms with E-state index >= 15 is 0 Å². The van der Waals surface area contributed by atoms with E-state index in [1.807, 2.05) is 11.3 Å². The van der Waals surface area contributed by atoms with E-state index in [0.29, 0.717) is 5.54 Å². The highest BCUT2D eigenvalue weighted by Gasteiger charge is 2.38. The first-order chi connectivity index (χ1) is 9.70. The first-order valence-electron chi connectivity index (χ1n) is 6.42. The Kier molecular flexibility index (Phi) is 6.18. The van der Waals surface area contributed by atoms with Crippen LogP contribution in [0.4, 0.5) is 13.2 Å². The van der Waals surface area contributed by atoms with E-state index in [1.165, 1.54) is 17.7 Å². The van der Waals surface area contributed by atoms with Gasteiger partial charge < -0.3 is 10.4 Å². The van der Waals surface area contributed by atoms with Crippen molar-refractivity contribution in [2.45, 2.75) is 24.6 Å². The highest BCUT2D eigenvalue weighted by Crippen LogP contribution is 2.37. The fourth-order valence-electron chi connectivity index (χ4n) is 2.30. The first-order valence-corrected chi connectivity index (χ1v) is 7.30. The van der Waals surface area contributed by atoms with Gasteiger partial charge in [0.05, 0.1) is 5.54 Å². The number of nitrogens with zero attached hydrogens (tertiary/aromatic N) is 1. The van der Waals surface area contributed by atoms with Crippen molar-refractivity contribution >= 4 is 17.3 Å². The fraction of sp³-hybridized carbons (Fsp3) is 0.615. The average Bonchev–Trinajstić information content (AvgIpc) is 2.93. The van der Waals surface area contributed by atoms with E-state index in [9.17, 15) is 13.2 Å². The molecule has 2 rings (SSSR count). The zero-order chi connectivity index (χ0) is 16.1. The summed E-state index contributed by atoms with van der Waals surface area (Å²) in [7, 11) is 4.40. The highest BCUT2D eigenvalue weighted by molar-refractivity contribution is 7.10. The van der Waals surface area contributed by atoms with Gasteiger partial charge in [-0.3, -0.25) is 4.90 Å². The normalized spacial score (nSPS) is 18.0. The number of hydrogen-bond donors (Lipinski definition) is 2. The van der Waals surface area contributed by atoms with E-state index in [0.717, 1.165) is 13.1 Å². The summed E-state index contributed by atoms with van der Waals surface area (Å²) in [6.45, 7) is 2.27. The summed E-state index contributed by atoms with van der Waals surface area (Å²) in [5.74, 6) is -2.76. The second-order valence-corrected chi connectivity index (χ2v) is 5.90. The van der Waals surface area contributed by atoms with Crippen LogP contribution in [0.15, 0.2) is 17.5 Å². The molecule has 0 unspecified atom stereocenters. The van der Waals surface area contributed by atoms with Gasteiger partial charge in [-0.2, -0.15) is 13.2 Å². The van der Waals surface area contributed by atoms with Crippen molar-refractivity contribution in [2.75, 3.05) is 27.2 Å². The van der Waals surface area contributed by atoms with Gasteiger partial charge in [-0.1, -0.05) is 6.07 Å². The molecule has 0 aromatic carbocycles. The molecule has 1 aromatic heterocycles. The number of rotatable bonds is 2. The second-order valence-electron chi connectivity index (χ2n) is 4.96. The quantitative estimate of drug-likeness (QED) is 0.878. The minimum atomic E-state index is -5.08. The predicted octanol–water partition coefficient (Wildman–Crippen LogP) is 2.52. The van der Waals surface area contributed by atoms with E-state index in [2.05, 4.69) is 41.8 Å². The number of nitrogens with one attached hydrogen (secondary N) is 1. The largest absolute Gasteiger partial charge is 0.490 e. The minimum Gasteiger partial charge on any atom is -0.475 e. The van der Waals surface area contributed by atoms with E-state index < -0.39 is 12.1 Å². The molecular weight excluding hydrogens is 305 g/mol. The molecule has 4 nitrogen and oxygen atoms in total. The van der Waals surface area contributed by atoms with Crippen molar-refractivity contribution in [3.63, 3.8) is 0 Å². The number of piperidine rings is 1. The molecule has 0 radical (unpaired) electrons. The van der Waals surface area contributed by atoms with Gasteiger partial charge in [-0.25, -0.2) is 4.79 Å². The molecule has 0 bridgehead atoms. The smallest absolute Gasteiger partial charge is 0.475 e. The topological polar surface area (TPSA) is 52.6 Å². The van der Waals surface area contributed by atoms with Gasteiger partial charge in [-0.15, -0.1) is 11.3 Å². The molecule has 1 aliphatic rings. The molecule has 1 aliphatic heterocycles. The van der Waals surface area contributed by atoms with Gasteiger partial charge in [0.2, 0.25) is 0 Å². The van der Waals surface area contributed by atoms with E-state index in [-0.39, 0.29) is 0 Å². The number of thiophene rings is 1. The summed E-state index contributed by atoms with van der Waals surface area (Å²) in [6.07, 6.45) is -2.64. The first kappa shape index (κ1) is 17.9. The molecule has 8 heteroatoms. The Morgan fingerprint density at radius 3 is 2.24 bits per heavy atom. The van der Waals surface area contributed by atoms with Crippen LogP contribution < -0.4 is 5.32 Å². The van der Waals surface area contributed by atoms with Gasteiger partial charge in [-0.05, 0) is 51.5 Å². The Labute approximate surface area is 125 Å². The van der Waals surface area contributed by atoms with Crippen LogP contribution in [-0.4, -0.2) is 49.3 Å². The van der Waals surface area contributed by atoms with Gasteiger partial charge in [0.1, 0.15) is 0 Å². The van der Waals surface area contributed by atoms with Crippen LogP contribution in [0.1, 0.15) is 17.7 Å². The number of carbonyl (C=O) groups is 1. The van der Waals surface area contributed by atoms with Crippen LogP contribution in [0, 0.1) is 0 Å². The second kappa shape index (κ2) is 7.24. The standard InChI is InChI=1S/C11H18N2S.C2HF3O2/c1-13(2)11(5-7-12-8-6-11)10-4-3-9-14-10;3-2(4,5)1(6)7/h3-4,9,12H,5-8H2,1-2H3;(H,6,7). The maximum Gasteiger partial charge on any atom is 0.490 e. The summed E-state index contributed by atoms with van der Waals surface area (Å²) in [6, 6.07) is 4.43. The molecule has 2 N–H and O–H groups in total. The Hall–Kier alpha value is -1.12. The zero-order valence-corrected chi connectivity index (χ0v) is 12.7. The molecule has 21 heavy (non-hydrogen) atoms. The lowest BCUT2D eigenvalue weighted by Gasteiger charge is -2.42. The van der Waals surface area contributed by atoms with Crippen molar-refractivity contribution in [1.82, 2.24) is 10.2 Å².